The van der Waals surface area contributed by atoms with Gasteiger partial charge in [0.05, 0.1) is 23.9 Å². The van der Waals surface area contributed by atoms with E-state index in [0.29, 0.717) is 32.6 Å². The second kappa shape index (κ2) is 8.61. The molecule has 3 aromatic rings. The van der Waals surface area contributed by atoms with Gasteiger partial charge in [-0.05, 0) is 25.0 Å². The molecule has 2 aromatic carbocycles. The molecule has 0 radical (unpaired) electrons. The fourth-order valence-electron chi connectivity index (χ4n) is 4.66. The minimum Gasteiger partial charge on any atom is -0.338 e. The largest absolute Gasteiger partial charge is 0.338 e. The van der Waals surface area contributed by atoms with Gasteiger partial charge >= 0.3 is 0 Å². The van der Waals surface area contributed by atoms with Gasteiger partial charge in [0.25, 0.3) is 0 Å². The number of aryl methyl sites for hydroxylation is 2. The van der Waals surface area contributed by atoms with E-state index in [1.807, 2.05) is 32.7 Å². The van der Waals surface area contributed by atoms with Crippen molar-refractivity contribution in [2.45, 2.75) is 39.4 Å². The van der Waals surface area contributed by atoms with Crippen molar-refractivity contribution in [3.63, 3.8) is 0 Å². The Hall–Kier alpha value is -3.41. The number of rotatable bonds is 4. The third kappa shape index (κ3) is 4.17. The van der Waals surface area contributed by atoms with E-state index >= 15 is 0 Å². The van der Waals surface area contributed by atoms with Gasteiger partial charge in [-0.2, -0.15) is 5.10 Å². The summed E-state index contributed by atoms with van der Waals surface area (Å²) in [5.74, 6) is -0.119. The number of aromatic nitrogens is 2. The van der Waals surface area contributed by atoms with Crippen molar-refractivity contribution in [3.8, 4) is 11.3 Å². The first-order valence-electron chi connectivity index (χ1n) is 11.3. The molecule has 0 aliphatic carbocycles. The lowest BCUT2D eigenvalue weighted by atomic mass is 10.1. The molecule has 0 N–H and O–H groups in total. The Bertz CT molecular complexity index is 1120. The summed E-state index contributed by atoms with van der Waals surface area (Å²) in [4.78, 5) is 29.7. The van der Waals surface area contributed by atoms with E-state index in [1.165, 1.54) is 5.56 Å². The lowest BCUT2D eigenvalue weighted by molar-refractivity contribution is -0.136. The van der Waals surface area contributed by atoms with Crippen LogP contribution >= 0.6 is 0 Å². The fourth-order valence-corrected chi connectivity index (χ4v) is 4.66. The molecule has 6 nitrogen and oxygen atoms in total. The average Bonchev–Trinajstić information content (AvgIpc) is 3.32. The average molecular weight is 429 g/mol. The highest BCUT2D eigenvalue weighted by molar-refractivity contribution is 5.89. The maximum Gasteiger partial charge on any atom is 0.228 e. The molecule has 6 heteroatoms. The molecule has 32 heavy (non-hydrogen) atoms. The summed E-state index contributed by atoms with van der Waals surface area (Å²) in [6.45, 7) is 5.16. The van der Waals surface area contributed by atoms with Gasteiger partial charge in [-0.3, -0.25) is 14.3 Å². The zero-order valence-corrected chi connectivity index (χ0v) is 18.4. The first kappa shape index (κ1) is 20.5. The van der Waals surface area contributed by atoms with Gasteiger partial charge in [-0.25, -0.2) is 0 Å². The smallest absolute Gasteiger partial charge is 0.228 e. The lowest BCUT2D eigenvalue weighted by Crippen LogP contribution is -2.37. The van der Waals surface area contributed by atoms with Crippen LogP contribution in [0.2, 0.25) is 0 Å². The van der Waals surface area contributed by atoms with Crippen molar-refractivity contribution in [3.05, 3.63) is 77.5 Å². The Labute approximate surface area is 188 Å². The maximum atomic E-state index is 13.3. The molecule has 1 aromatic heterocycles. The Morgan fingerprint density at radius 2 is 1.84 bits per heavy atom. The zero-order chi connectivity index (χ0) is 22.1. The molecule has 1 saturated heterocycles. The van der Waals surface area contributed by atoms with Crippen molar-refractivity contribution < 1.29 is 9.59 Å². The van der Waals surface area contributed by atoms with Crippen LogP contribution in [0.3, 0.4) is 0 Å². The van der Waals surface area contributed by atoms with Crippen LogP contribution in [-0.4, -0.2) is 44.5 Å². The van der Waals surface area contributed by atoms with Crippen LogP contribution in [0.5, 0.6) is 0 Å². The van der Waals surface area contributed by atoms with Crippen LogP contribution < -0.4 is 0 Å². The second-order valence-electron chi connectivity index (χ2n) is 8.88. The van der Waals surface area contributed by atoms with Gasteiger partial charge in [0.2, 0.25) is 11.8 Å². The molecule has 0 spiro atoms. The lowest BCUT2D eigenvalue weighted by Gasteiger charge is -2.23. The predicted molar refractivity (Wildman–Crippen MR) is 122 cm³/mol. The molecule has 3 heterocycles. The monoisotopic (exact) mass is 428 g/mol. The summed E-state index contributed by atoms with van der Waals surface area (Å²) in [6.07, 6.45) is 1.16. The number of amides is 2. The highest BCUT2D eigenvalue weighted by atomic mass is 16.2. The molecule has 2 aliphatic heterocycles. The molecule has 2 aliphatic rings. The van der Waals surface area contributed by atoms with Crippen molar-refractivity contribution >= 4 is 11.8 Å². The van der Waals surface area contributed by atoms with Crippen LogP contribution in [0, 0.1) is 12.8 Å². The number of carbonyl (C=O) groups excluding carboxylic acids is 2. The van der Waals surface area contributed by atoms with Crippen LogP contribution in [0.1, 0.15) is 29.7 Å². The molecule has 2 amide bonds. The number of fused-ring (bicyclic) bond motifs is 1. The Kier molecular flexibility index (Phi) is 5.52. The van der Waals surface area contributed by atoms with Crippen molar-refractivity contribution in [2.24, 2.45) is 5.92 Å². The quantitative estimate of drug-likeness (QED) is 0.638. The number of carbonyl (C=O) groups is 2. The first-order chi connectivity index (χ1) is 15.6. The SMILES string of the molecule is Cc1ccc(CN2CC(C(=O)N3CCCn4nc(-c5ccccc5)cc4C3)CC2=O)cc1. The van der Waals surface area contributed by atoms with Gasteiger partial charge in [0, 0.05) is 38.2 Å². The van der Waals surface area contributed by atoms with E-state index in [4.69, 9.17) is 5.10 Å². The molecule has 0 bridgehead atoms. The molecule has 1 atom stereocenters. The summed E-state index contributed by atoms with van der Waals surface area (Å²) in [5.41, 5.74) is 5.37. The van der Waals surface area contributed by atoms with Crippen LogP contribution in [0.4, 0.5) is 0 Å². The van der Waals surface area contributed by atoms with Gasteiger partial charge < -0.3 is 9.80 Å². The van der Waals surface area contributed by atoms with E-state index in [9.17, 15) is 9.59 Å². The zero-order valence-electron chi connectivity index (χ0n) is 18.4. The van der Waals surface area contributed by atoms with Gasteiger partial charge in [-0.15, -0.1) is 0 Å². The minimum atomic E-state index is -0.268. The molecule has 5 rings (SSSR count). The normalized spacial score (nSPS) is 18.5. The van der Waals surface area contributed by atoms with Crippen molar-refractivity contribution in [1.82, 2.24) is 19.6 Å². The van der Waals surface area contributed by atoms with Gasteiger partial charge in [0.1, 0.15) is 0 Å². The predicted octanol–water partition coefficient (Wildman–Crippen LogP) is 3.64. The third-order valence-electron chi connectivity index (χ3n) is 6.45. The van der Waals surface area contributed by atoms with E-state index in [0.717, 1.165) is 35.5 Å². The van der Waals surface area contributed by atoms with Gasteiger partial charge in [-0.1, -0.05) is 60.2 Å². The molecule has 1 unspecified atom stereocenters. The molecule has 1 fully saturated rings. The standard InChI is InChI=1S/C26H28N4O2/c1-19-8-10-20(11-9-19)16-29-17-22(14-25(29)31)26(32)28-12-5-13-30-23(18-28)15-24(27-30)21-6-3-2-4-7-21/h2-4,6-11,15,22H,5,12-14,16-18H2,1H3. The third-order valence-corrected chi connectivity index (χ3v) is 6.45. The van der Waals surface area contributed by atoms with Gasteiger partial charge in [0.15, 0.2) is 0 Å². The summed E-state index contributed by atoms with van der Waals surface area (Å²) in [6, 6.07) is 20.4. The summed E-state index contributed by atoms with van der Waals surface area (Å²) in [7, 11) is 0. The second-order valence-corrected chi connectivity index (χ2v) is 8.88. The maximum absolute atomic E-state index is 13.3. The first-order valence-corrected chi connectivity index (χ1v) is 11.3. The topological polar surface area (TPSA) is 58.4 Å². The van der Waals surface area contributed by atoms with E-state index in [1.54, 1.807) is 0 Å². The number of likely N-dealkylation sites (tertiary alicyclic amines) is 1. The highest BCUT2D eigenvalue weighted by Crippen LogP contribution is 2.26. The Morgan fingerprint density at radius 1 is 1.06 bits per heavy atom. The van der Waals surface area contributed by atoms with Crippen LogP contribution in [0.25, 0.3) is 11.3 Å². The van der Waals surface area contributed by atoms with Crippen molar-refractivity contribution in [1.29, 1.82) is 0 Å². The molecular formula is C26H28N4O2. The van der Waals surface area contributed by atoms with Crippen molar-refractivity contribution in [2.75, 3.05) is 13.1 Å². The number of benzene rings is 2. The summed E-state index contributed by atoms with van der Waals surface area (Å²) in [5, 5.41) is 4.77. The highest BCUT2D eigenvalue weighted by Gasteiger charge is 2.37. The Morgan fingerprint density at radius 3 is 2.62 bits per heavy atom. The number of nitrogens with zero attached hydrogens (tertiary/aromatic N) is 4. The molecular weight excluding hydrogens is 400 g/mol. The summed E-state index contributed by atoms with van der Waals surface area (Å²) >= 11 is 0. The Balaban J connectivity index is 1.27. The molecule has 0 saturated carbocycles. The molecule has 164 valence electrons. The fraction of sp³-hybridized carbons (Fsp3) is 0.346. The number of hydrogen-bond donors (Lipinski definition) is 0. The van der Waals surface area contributed by atoms with Crippen LogP contribution in [-0.2, 0) is 29.2 Å². The summed E-state index contributed by atoms with van der Waals surface area (Å²) < 4.78 is 2.03. The minimum absolute atomic E-state index is 0.0650. The number of hydrogen-bond acceptors (Lipinski definition) is 3. The van der Waals surface area contributed by atoms with E-state index in [-0.39, 0.29) is 17.7 Å². The van der Waals surface area contributed by atoms with E-state index < -0.39 is 0 Å². The van der Waals surface area contributed by atoms with Crippen LogP contribution in [0.15, 0.2) is 60.7 Å². The van der Waals surface area contributed by atoms with E-state index in [2.05, 4.69) is 49.4 Å².